The number of amides is 1. The SMILES string of the molecule is NS(=O)(=O)c1ccc(Br)c(C(=O)NC2(C(F)(F)F)CC2)c1. The normalized spacial score (nSPS) is 17.4. The minimum absolute atomic E-state index is 0.172. The van der Waals surface area contributed by atoms with Gasteiger partial charge in [0.15, 0.2) is 0 Å². The van der Waals surface area contributed by atoms with Gasteiger partial charge in [0.1, 0.15) is 5.54 Å². The number of hydrogen-bond donors (Lipinski definition) is 2. The number of primary sulfonamides is 1. The van der Waals surface area contributed by atoms with E-state index in [2.05, 4.69) is 15.9 Å². The van der Waals surface area contributed by atoms with Crippen LogP contribution >= 0.6 is 15.9 Å². The third-order valence-electron chi connectivity index (χ3n) is 3.16. The number of nitrogens with one attached hydrogen (secondary N) is 1. The summed E-state index contributed by atoms with van der Waals surface area (Å²) in [5, 5.41) is 6.84. The molecule has 0 aromatic heterocycles. The summed E-state index contributed by atoms with van der Waals surface area (Å²) in [5.41, 5.74) is -2.45. The lowest BCUT2D eigenvalue weighted by Crippen LogP contribution is -2.47. The summed E-state index contributed by atoms with van der Waals surface area (Å²) in [6, 6.07) is 3.32. The van der Waals surface area contributed by atoms with Crippen LogP contribution in [0.25, 0.3) is 0 Å². The molecule has 1 aromatic carbocycles. The van der Waals surface area contributed by atoms with Gasteiger partial charge in [-0.1, -0.05) is 0 Å². The monoisotopic (exact) mass is 386 g/mol. The molecule has 2 rings (SSSR count). The van der Waals surface area contributed by atoms with Crippen LogP contribution in [-0.2, 0) is 10.0 Å². The van der Waals surface area contributed by atoms with E-state index in [0.29, 0.717) is 0 Å². The fourth-order valence-electron chi connectivity index (χ4n) is 1.74. The van der Waals surface area contributed by atoms with Gasteiger partial charge < -0.3 is 5.32 Å². The fraction of sp³-hybridized carbons (Fsp3) is 0.364. The number of rotatable bonds is 3. The van der Waals surface area contributed by atoms with E-state index < -0.39 is 27.6 Å². The first-order chi connectivity index (χ1) is 9.46. The molecule has 1 fully saturated rings. The van der Waals surface area contributed by atoms with Crippen molar-refractivity contribution in [2.24, 2.45) is 5.14 Å². The molecular weight excluding hydrogens is 377 g/mol. The zero-order chi connectivity index (χ0) is 16.1. The standard InChI is InChI=1S/C11H10BrF3N2O3S/c12-8-2-1-6(21(16,19)20)5-7(8)9(18)17-10(3-4-10)11(13,14)15/h1-2,5H,3-4H2,(H,17,18)(H2,16,19,20). The average molecular weight is 387 g/mol. The maximum Gasteiger partial charge on any atom is 0.411 e. The van der Waals surface area contributed by atoms with E-state index in [1.165, 1.54) is 6.07 Å². The number of carbonyl (C=O) groups excluding carboxylic acids is 1. The van der Waals surface area contributed by atoms with Crippen molar-refractivity contribution in [1.29, 1.82) is 0 Å². The van der Waals surface area contributed by atoms with Crippen molar-refractivity contribution in [3.63, 3.8) is 0 Å². The van der Waals surface area contributed by atoms with E-state index in [1.807, 2.05) is 5.32 Å². The summed E-state index contributed by atoms with van der Waals surface area (Å²) in [4.78, 5) is 11.6. The highest BCUT2D eigenvalue weighted by molar-refractivity contribution is 9.10. The number of benzene rings is 1. The van der Waals surface area contributed by atoms with Crippen LogP contribution in [0.1, 0.15) is 23.2 Å². The summed E-state index contributed by atoms with van der Waals surface area (Å²) >= 11 is 3.00. The first kappa shape index (κ1) is 16.2. The molecule has 0 aliphatic heterocycles. The van der Waals surface area contributed by atoms with Crippen molar-refractivity contribution >= 4 is 31.9 Å². The molecule has 0 atom stereocenters. The number of sulfonamides is 1. The van der Waals surface area contributed by atoms with Crippen molar-refractivity contribution in [2.75, 3.05) is 0 Å². The van der Waals surface area contributed by atoms with E-state index in [4.69, 9.17) is 5.14 Å². The smallest absolute Gasteiger partial charge is 0.338 e. The van der Waals surface area contributed by atoms with Crippen LogP contribution in [0.4, 0.5) is 13.2 Å². The van der Waals surface area contributed by atoms with E-state index in [0.717, 1.165) is 12.1 Å². The molecule has 1 saturated carbocycles. The Labute approximate surface area is 126 Å². The van der Waals surface area contributed by atoms with Crippen LogP contribution in [0.5, 0.6) is 0 Å². The number of carbonyl (C=O) groups is 1. The number of hydrogen-bond acceptors (Lipinski definition) is 3. The van der Waals surface area contributed by atoms with Crippen LogP contribution in [0, 0.1) is 0 Å². The lowest BCUT2D eigenvalue weighted by atomic mass is 10.2. The molecule has 0 saturated heterocycles. The van der Waals surface area contributed by atoms with Crippen molar-refractivity contribution in [2.45, 2.75) is 29.5 Å². The molecule has 116 valence electrons. The predicted octanol–water partition coefficient (Wildman–Crippen LogP) is 1.92. The van der Waals surface area contributed by atoms with Crippen molar-refractivity contribution in [3.8, 4) is 0 Å². The molecule has 0 unspecified atom stereocenters. The minimum Gasteiger partial charge on any atom is -0.338 e. The third-order valence-corrected chi connectivity index (χ3v) is 4.76. The fourth-order valence-corrected chi connectivity index (χ4v) is 2.71. The van der Waals surface area contributed by atoms with Gasteiger partial charge >= 0.3 is 6.18 Å². The topological polar surface area (TPSA) is 89.3 Å². The van der Waals surface area contributed by atoms with Gasteiger partial charge in [0.2, 0.25) is 10.0 Å². The van der Waals surface area contributed by atoms with E-state index >= 15 is 0 Å². The first-order valence-electron chi connectivity index (χ1n) is 5.68. The highest BCUT2D eigenvalue weighted by Gasteiger charge is 2.64. The van der Waals surface area contributed by atoms with Gasteiger partial charge in [0, 0.05) is 4.47 Å². The maximum absolute atomic E-state index is 12.8. The van der Waals surface area contributed by atoms with Gasteiger partial charge in [-0.15, -0.1) is 0 Å². The van der Waals surface area contributed by atoms with Crippen LogP contribution in [-0.4, -0.2) is 26.0 Å². The predicted molar refractivity (Wildman–Crippen MR) is 71.0 cm³/mol. The Hall–Kier alpha value is -1.13. The highest BCUT2D eigenvalue weighted by atomic mass is 79.9. The lowest BCUT2D eigenvalue weighted by Gasteiger charge is -2.21. The van der Waals surface area contributed by atoms with E-state index in [1.54, 1.807) is 0 Å². The van der Waals surface area contributed by atoms with Crippen molar-refractivity contribution in [3.05, 3.63) is 28.2 Å². The average Bonchev–Trinajstić information content (AvgIpc) is 3.08. The second-order valence-electron chi connectivity index (χ2n) is 4.72. The molecule has 0 heterocycles. The summed E-state index contributed by atoms with van der Waals surface area (Å²) in [7, 11) is -4.06. The quantitative estimate of drug-likeness (QED) is 0.831. The van der Waals surface area contributed by atoms with Crippen molar-refractivity contribution in [1.82, 2.24) is 5.32 Å². The molecule has 3 N–H and O–H groups in total. The summed E-state index contributed by atoms with van der Waals surface area (Å²) < 4.78 is 61.0. The van der Waals surface area contributed by atoms with Crippen LogP contribution < -0.4 is 10.5 Å². The maximum atomic E-state index is 12.8. The molecule has 21 heavy (non-hydrogen) atoms. The molecule has 5 nitrogen and oxygen atoms in total. The van der Waals surface area contributed by atoms with Gasteiger partial charge in [0.05, 0.1) is 10.5 Å². The summed E-state index contributed by atoms with van der Waals surface area (Å²) in [5.74, 6) is -1.01. The third kappa shape index (κ3) is 3.22. The molecule has 10 heteroatoms. The van der Waals surface area contributed by atoms with Gasteiger partial charge in [-0.3, -0.25) is 4.79 Å². The van der Waals surface area contributed by atoms with Gasteiger partial charge in [-0.05, 0) is 47.0 Å². The second-order valence-corrected chi connectivity index (χ2v) is 7.14. The largest absolute Gasteiger partial charge is 0.411 e. The lowest BCUT2D eigenvalue weighted by molar-refractivity contribution is -0.163. The second kappa shape index (κ2) is 4.96. The Bertz CT molecular complexity index is 699. The van der Waals surface area contributed by atoms with Crippen LogP contribution in [0.2, 0.25) is 0 Å². The Morgan fingerprint density at radius 1 is 1.33 bits per heavy atom. The number of halogens is 4. The zero-order valence-corrected chi connectivity index (χ0v) is 12.8. The van der Waals surface area contributed by atoms with Crippen LogP contribution in [0.15, 0.2) is 27.6 Å². The van der Waals surface area contributed by atoms with Crippen LogP contribution in [0.3, 0.4) is 0 Å². The van der Waals surface area contributed by atoms with E-state index in [9.17, 15) is 26.4 Å². The first-order valence-corrected chi connectivity index (χ1v) is 8.02. The molecule has 1 aliphatic rings. The van der Waals surface area contributed by atoms with E-state index in [-0.39, 0.29) is 27.8 Å². The van der Waals surface area contributed by atoms with Gasteiger partial charge in [-0.25, -0.2) is 13.6 Å². The molecular formula is C11H10BrF3N2O3S. The summed E-state index contributed by atoms with van der Waals surface area (Å²) in [6.45, 7) is 0. The Morgan fingerprint density at radius 3 is 2.33 bits per heavy atom. The molecule has 0 spiro atoms. The number of alkyl halides is 3. The van der Waals surface area contributed by atoms with Crippen molar-refractivity contribution < 1.29 is 26.4 Å². The minimum atomic E-state index is -4.55. The molecule has 1 aliphatic carbocycles. The Kier molecular flexibility index (Phi) is 3.83. The molecule has 1 aromatic rings. The zero-order valence-electron chi connectivity index (χ0n) is 10.4. The number of nitrogens with two attached hydrogens (primary N) is 1. The Morgan fingerprint density at radius 2 is 1.90 bits per heavy atom. The highest BCUT2D eigenvalue weighted by Crippen LogP contribution is 2.49. The molecule has 1 amide bonds. The molecule has 0 radical (unpaired) electrons. The molecule has 0 bridgehead atoms. The van der Waals surface area contributed by atoms with Gasteiger partial charge in [0.25, 0.3) is 5.91 Å². The Balaban J connectivity index is 2.32. The van der Waals surface area contributed by atoms with Gasteiger partial charge in [-0.2, -0.15) is 13.2 Å². The summed E-state index contributed by atoms with van der Waals surface area (Å²) in [6.07, 6.45) is -4.95.